The number of carbonyl (C=O) groups excluding carboxylic acids is 4. The molecule has 6 N–H and O–H groups in total. The van der Waals surface area contributed by atoms with Gasteiger partial charge in [-0.25, -0.2) is 13.4 Å². The van der Waals surface area contributed by atoms with E-state index in [0.29, 0.717) is 89.4 Å². The molecule has 23 heteroatoms. The molecule has 0 saturated carbocycles. The number of likely N-dealkylation sites (tertiary alicyclic amines) is 1. The Morgan fingerprint density at radius 1 is 0.782 bits per heavy atom. The van der Waals surface area contributed by atoms with Crippen LogP contribution in [-0.2, 0) is 38.7 Å². The van der Waals surface area contributed by atoms with Gasteiger partial charge in [-0.3, -0.25) is 28.3 Å². The first-order chi connectivity index (χ1) is 41.3. The van der Waals surface area contributed by atoms with Crippen molar-refractivity contribution in [3.63, 3.8) is 0 Å². The molecule has 2 saturated heterocycles. The van der Waals surface area contributed by atoms with Crippen molar-refractivity contribution in [3.8, 4) is 21.9 Å². The number of aliphatic carboxylic acids is 1. The second-order valence-electron chi connectivity index (χ2n) is 23.7. The highest BCUT2D eigenvalue weighted by Crippen LogP contribution is 2.52. The molecular weight excluding hydrogens is 1170 g/mol. The largest absolute Gasteiger partial charge is 0.508 e. The zero-order valence-corrected chi connectivity index (χ0v) is 51.1. The molecule has 7 atom stereocenters. The van der Waals surface area contributed by atoms with E-state index in [9.17, 15) is 55.8 Å². The molecule has 8 rings (SSSR count). The molecule has 3 aliphatic heterocycles. The van der Waals surface area contributed by atoms with Crippen LogP contribution in [0.2, 0.25) is 0 Å². The zero-order chi connectivity index (χ0) is 62.8. The first-order valence-corrected chi connectivity index (χ1v) is 31.9. The molecule has 4 heterocycles. The summed E-state index contributed by atoms with van der Waals surface area (Å²) >= 11 is 1.55. The Bertz CT molecular complexity index is 3350. The van der Waals surface area contributed by atoms with E-state index in [-0.39, 0.29) is 68.5 Å². The Hall–Kier alpha value is -7.34. The number of ether oxygens (including phenoxy) is 2. The average molecular weight is 1240 g/mol. The fraction of sp³-hybridized carbons (Fsp3) is 0.469. The number of thiazole rings is 1. The summed E-state index contributed by atoms with van der Waals surface area (Å²) in [7, 11) is -4.80. The lowest BCUT2D eigenvalue weighted by Crippen LogP contribution is -2.57. The number of anilines is 2. The van der Waals surface area contributed by atoms with Gasteiger partial charge >= 0.3 is 12.1 Å². The number of carbonyl (C=O) groups is 5. The first kappa shape index (κ1) is 65.6. The molecule has 0 aliphatic carbocycles. The van der Waals surface area contributed by atoms with Crippen molar-refractivity contribution in [2.75, 3.05) is 29.3 Å². The van der Waals surface area contributed by atoms with Crippen molar-refractivity contribution >= 4 is 73.5 Å². The Morgan fingerprint density at radius 3 is 1.99 bits per heavy atom. The molecule has 468 valence electrons. The minimum absolute atomic E-state index is 0.00397. The normalized spacial score (nSPS) is 19.2. The van der Waals surface area contributed by atoms with Crippen molar-refractivity contribution in [2.45, 2.75) is 166 Å². The number of carboxylic acids is 1. The number of phenolic OH excluding ortho intramolecular Hbond substituents is 1. The summed E-state index contributed by atoms with van der Waals surface area (Å²) in [4.78, 5) is 71.6. The number of nitrogens with one attached hydrogen (secondary N) is 3. The monoisotopic (exact) mass is 1240 g/mol. The quantitative estimate of drug-likeness (QED) is 0.0255. The van der Waals surface area contributed by atoms with Crippen LogP contribution in [0, 0.1) is 12.3 Å². The van der Waals surface area contributed by atoms with Crippen LogP contribution in [0.5, 0.6) is 11.5 Å². The number of rotatable bonds is 28. The number of aliphatic hydroxyl groups is 1. The van der Waals surface area contributed by atoms with E-state index in [1.54, 1.807) is 53.2 Å². The van der Waals surface area contributed by atoms with Crippen molar-refractivity contribution in [3.05, 3.63) is 125 Å². The van der Waals surface area contributed by atoms with E-state index in [4.69, 9.17) is 14.6 Å². The number of phenols is 1. The number of benzene rings is 4. The molecule has 5 aromatic rings. The van der Waals surface area contributed by atoms with Crippen LogP contribution < -0.4 is 25.0 Å². The SMILES string of the molecule is Cc1ncsc1-c1ccc([C@@H](C)NC(=O)[C@@H]2C[C@@H](O)CN2C(=O)[C@@H](NC(=O)CCCCCCOc2ccc(N(CC(F)(F)F)S(=O)(=O)C3C[C@H]4O[C@@H]3C(c3ccc(NC(=O)CCCCCCC(=O)O)cc3)=C4c3ccc(O)cc3)cc2)C(C)(C)C)cc1. The summed E-state index contributed by atoms with van der Waals surface area (Å²) in [5.74, 6) is -2.03. The van der Waals surface area contributed by atoms with Crippen LogP contribution in [0.25, 0.3) is 21.6 Å². The molecule has 3 aliphatic rings. The number of halogens is 3. The first-order valence-electron chi connectivity index (χ1n) is 29.5. The molecule has 0 spiro atoms. The van der Waals surface area contributed by atoms with Crippen LogP contribution >= 0.6 is 11.3 Å². The predicted molar refractivity (Wildman–Crippen MR) is 326 cm³/mol. The third-order valence-corrected chi connectivity index (χ3v) is 19.1. The van der Waals surface area contributed by atoms with Gasteiger partial charge in [-0.2, -0.15) is 13.2 Å². The number of hydrogen-bond donors (Lipinski definition) is 6. The Kier molecular flexibility index (Phi) is 21.6. The van der Waals surface area contributed by atoms with Crippen LogP contribution in [0.1, 0.15) is 140 Å². The highest BCUT2D eigenvalue weighted by Gasteiger charge is 2.55. The standard InChI is InChI=1S/C64H77F3N6O12S2/c1-39(41-17-19-44(20-18-41)59-40(2)68-38-86-59)69-61(80)50-34-48(75)36-72(50)62(81)60(63(3,4)5)71-54(77)15-11-8-9-13-33-84-49-31-27-46(28-32-49)73(37-64(65,66)67)87(82,83)52-35-51-56(42-23-29-47(74)30-24-42)57(58(52)85-51)43-21-25-45(26-22-43)70-53(76)14-10-6-7-12-16-55(78)79/h17-32,38-39,48,50-52,58,60,74-75H,6-16,33-37H2,1-5H3,(H,69,80)(H,70,76)(H,71,77)(H,78,79)/t39-,48-,50+,51-,52?,58+,60-/m1/s1. The molecule has 1 aromatic heterocycles. The number of unbranched alkanes of at least 4 members (excludes halogenated alkanes) is 6. The zero-order valence-electron chi connectivity index (χ0n) is 49.5. The summed E-state index contributed by atoms with van der Waals surface area (Å²) in [6, 6.07) is 23.8. The summed E-state index contributed by atoms with van der Waals surface area (Å²) < 4.78 is 85.2. The number of nitrogens with zero attached hydrogens (tertiary/aromatic N) is 3. The molecule has 1 unspecified atom stereocenters. The average Bonchev–Trinajstić information content (AvgIpc) is 1.61. The van der Waals surface area contributed by atoms with Gasteiger partial charge in [0.1, 0.15) is 41.5 Å². The van der Waals surface area contributed by atoms with E-state index in [1.165, 1.54) is 41.3 Å². The van der Waals surface area contributed by atoms with Gasteiger partial charge < -0.3 is 45.6 Å². The number of aromatic hydroxyl groups is 1. The van der Waals surface area contributed by atoms with E-state index in [0.717, 1.165) is 21.7 Å². The third kappa shape index (κ3) is 17.0. The van der Waals surface area contributed by atoms with E-state index in [1.807, 2.05) is 58.9 Å². The van der Waals surface area contributed by atoms with Crippen LogP contribution in [-0.4, -0.2) is 125 Å². The molecule has 2 bridgehead atoms. The van der Waals surface area contributed by atoms with Gasteiger partial charge in [0.2, 0.25) is 33.7 Å². The van der Waals surface area contributed by atoms with Gasteiger partial charge in [0, 0.05) is 37.9 Å². The number of β-amino-alcohol motifs (C(OH)–C–C–N with tert-alkyl or cyclic N) is 1. The highest BCUT2D eigenvalue weighted by atomic mass is 32.2. The Balaban J connectivity index is 0.827. The van der Waals surface area contributed by atoms with Gasteiger partial charge in [0.15, 0.2) is 0 Å². The van der Waals surface area contributed by atoms with Crippen molar-refractivity contribution in [2.24, 2.45) is 5.41 Å². The van der Waals surface area contributed by atoms with Gasteiger partial charge in [0.25, 0.3) is 0 Å². The maximum atomic E-state index is 14.7. The Morgan fingerprint density at radius 2 is 1.38 bits per heavy atom. The summed E-state index contributed by atoms with van der Waals surface area (Å²) in [6.07, 6.45) is -2.75. The van der Waals surface area contributed by atoms with Gasteiger partial charge in [-0.05, 0) is 133 Å². The predicted octanol–water partition coefficient (Wildman–Crippen LogP) is 10.7. The van der Waals surface area contributed by atoms with E-state index in [2.05, 4.69) is 20.9 Å². The molecule has 0 radical (unpaired) electrons. The minimum Gasteiger partial charge on any atom is -0.508 e. The smallest absolute Gasteiger partial charge is 0.407 e. The van der Waals surface area contributed by atoms with Crippen molar-refractivity contribution < 1.29 is 70.4 Å². The topological polar surface area (TPSA) is 254 Å². The van der Waals surface area contributed by atoms with E-state index < -0.39 is 87.6 Å². The lowest BCUT2D eigenvalue weighted by atomic mass is 9.83. The Labute approximate surface area is 509 Å². The fourth-order valence-electron chi connectivity index (χ4n) is 11.4. The van der Waals surface area contributed by atoms with Crippen LogP contribution in [0.4, 0.5) is 24.5 Å². The van der Waals surface area contributed by atoms with Gasteiger partial charge in [-0.1, -0.05) is 95.0 Å². The fourth-order valence-corrected chi connectivity index (χ4v) is 14.2. The molecule has 4 aromatic carbocycles. The van der Waals surface area contributed by atoms with E-state index >= 15 is 0 Å². The maximum absolute atomic E-state index is 14.7. The second-order valence-corrected chi connectivity index (χ2v) is 26.6. The lowest BCUT2D eigenvalue weighted by Gasteiger charge is -2.35. The number of aromatic nitrogens is 1. The summed E-state index contributed by atoms with van der Waals surface area (Å²) in [5.41, 5.74) is 6.34. The molecule has 4 amide bonds. The molecule has 2 fully saturated rings. The summed E-state index contributed by atoms with van der Waals surface area (Å²) in [5, 5.41) is 36.9. The van der Waals surface area contributed by atoms with Crippen LogP contribution in [0.3, 0.4) is 0 Å². The minimum atomic E-state index is -4.93. The third-order valence-electron chi connectivity index (χ3n) is 16.0. The molecule has 87 heavy (non-hydrogen) atoms. The summed E-state index contributed by atoms with van der Waals surface area (Å²) in [6.45, 7) is 7.61. The number of aryl methyl sites for hydroxylation is 1. The number of sulfonamides is 1. The van der Waals surface area contributed by atoms with Crippen molar-refractivity contribution in [1.82, 2.24) is 20.5 Å². The number of fused-ring (bicyclic) bond motifs is 2. The highest BCUT2D eigenvalue weighted by molar-refractivity contribution is 7.93. The molecule has 18 nitrogen and oxygen atoms in total. The lowest BCUT2D eigenvalue weighted by molar-refractivity contribution is -0.144. The maximum Gasteiger partial charge on any atom is 0.407 e. The number of hydrogen-bond acceptors (Lipinski definition) is 13. The number of aliphatic hydroxyl groups excluding tert-OH is 1. The number of alkyl halides is 3. The van der Waals surface area contributed by atoms with Gasteiger partial charge in [0.05, 0.1) is 46.6 Å². The molecular formula is C64H77F3N6O12S2. The number of amides is 4. The van der Waals surface area contributed by atoms with Crippen LogP contribution in [0.15, 0.2) is 103 Å². The second kappa shape index (κ2) is 28.7. The van der Waals surface area contributed by atoms with Crippen molar-refractivity contribution in [1.29, 1.82) is 0 Å². The number of carboxylic acid groups (broad SMARTS) is 1. The van der Waals surface area contributed by atoms with Gasteiger partial charge in [-0.15, -0.1) is 11.3 Å².